The molecule has 5 heteroatoms. The molecule has 106 valence electrons. The summed E-state index contributed by atoms with van der Waals surface area (Å²) in [4.78, 5) is 22.7. The molecule has 1 amide bonds. The van der Waals surface area contributed by atoms with Crippen LogP contribution in [0.4, 0.5) is 0 Å². The first-order chi connectivity index (χ1) is 8.52. The molecule has 0 rings (SSSR count). The normalized spacial score (nSPS) is 13.9. The molecule has 0 aromatic rings. The van der Waals surface area contributed by atoms with Gasteiger partial charge in [-0.25, -0.2) is 4.79 Å². The van der Waals surface area contributed by atoms with Crippen LogP contribution in [-0.4, -0.2) is 34.5 Å². The number of rotatable bonds is 10. The molecule has 0 saturated carbocycles. The summed E-state index contributed by atoms with van der Waals surface area (Å²) in [6, 6.07) is -0.761. The van der Waals surface area contributed by atoms with E-state index >= 15 is 0 Å². The lowest BCUT2D eigenvalue weighted by molar-refractivity contribution is -0.143. The number of carboxylic acids is 1. The van der Waals surface area contributed by atoms with Gasteiger partial charge < -0.3 is 10.4 Å². The van der Waals surface area contributed by atoms with Gasteiger partial charge in [0.1, 0.15) is 6.04 Å². The average Bonchev–Trinajstić information content (AvgIpc) is 2.34. The highest BCUT2D eigenvalue weighted by Gasteiger charge is 2.24. The van der Waals surface area contributed by atoms with Gasteiger partial charge in [0.15, 0.2) is 0 Å². The summed E-state index contributed by atoms with van der Waals surface area (Å²) in [5.74, 6) is 0.679. The van der Waals surface area contributed by atoms with Gasteiger partial charge in [0.05, 0.1) is 0 Å². The smallest absolute Gasteiger partial charge is 0.326 e. The van der Waals surface area contributed by atoms with Crippen LogP contribution in [0.2, 0.25) is 0 Å². The third kappa shape index (κ3) is 7.58. The summed E-state index contributed by atoms with van der Waals surface area (Å²) in [6.45, 7) is 5.90. The van der Waals surface area contributed by atoms with Crippen LogP contribution in [0.25, 0.3) is 0 Å². The zero-order chi connectivity index (χ0) is 14.0. The first kappa shape index (κ1) is 17.3. The zero-order valence-electron chi connectivity index (χ0n) is 11.6. The van der Waals surface area contributed by atoms with Gasteiger partial charge in [0.2, 0.25) is 5.91 Å². The van der Waals surface area contributed by atoms with Gasteiger partial charge >= 0.3 is 5.97 Å². The predicted octanol–water partition coefficient (Wildman–Crippen LogP) is 2.53. The SMILES string of the molecule is CCCCSCCC(=O)NC(C(=O)O)C(C)CC. The van der Waals surface area contributed by atoms with Gasteiger partial charge in [-0.1, -0.05) is 33.6 Å². The molecule has 0 bridgehead atoms. The van der Waals surface area contributed by atoms with Gasteiger partial charge in [-0.3, -0.25) is 4.79 Å². The van der Waals surface area contributed by atoms with Crippen molar-refractivity contribution in [3.8, 4) is 0 Å². The van der Waals surface area contributed by atoms with E-state index in [1.54, 1.807) is 11.8 Å². The minimum Gasteiger partial charge on any atom is -0.480 e. The third-order valence-electron chi connectivity index (χ3n) is 2.91. The summed E-state index contributed by atoms with van der Waals surface area (Å²) < 4.78 is 0. The number of carbonyl (C=O) groups is 2. The van der Waals surface area contributed by atoms with E-state index in [2.05, 4.69) is 12.2 Å². The molecule has 18 heavy (non-hydrogen) atoms. The standard InChI is InChI=1S/C13H25NO3S/c1-4-6-8-18-9-7-11(15)14-12(13(16)17)10(3)5-2/h10,12H,4-9H2,1-3H3,(H,14,15)(H,16,17). The van der Waals surface area contributed by atoms with Crippen LogP contribution in [0, 0.1) is 5.92 Å². The highest BCUT2D eigenvalue weighted by molar-refractivity contribution is 7.99. The Kier molecular flexibility index (Phi) is 9.83. The first-order valence-electron chi connectivity index (χ1n) is 6.62. The number of amides is 1. The highest BCUT2D eigenvalue weighted by Crippen LogP contribution is 2.09. The van der Waals surface area contributed by atoms with E-state index in [0.717, 1.165) is 30.8 Å². The highest BCUT2D eigenvalue weighted by atomic mass is 32.2. The molecule has 0 spiro atoms. The summed E-state index contributed by atoms with van der Waals surface area (Å²) in [6.07, 6.45) is 3.46. The summed E-state index contributed by atoms with van der Waals surface area (Å²) >= 11 is 1.75. The van der Waals surface area contributed by atoms with Crippen LogP contribution < -0.4 is 5.32 Å². The number of carbonyl (C=O) groups excluding carboxylic acids is 1. The van der Waals surface area contributed by atoms with Crippen molar-refractivity contribution < 1.29 is 14.7 Å². The number of nitrogens with one attached hydrogen (secondary N) is 1. The lowest BCUT2D eigenvalue weighted by Gasteiger charge is -2.20. The summed E-state index contributed by atoms with van der Waals surface area (Å²) in [7, 11) is 0. The predicted molar refractivity (Wildman–Crippen MR) is 75.9 cm³/mol. The van der Waals surface area contributed by atoms with Crippen LogP contribution in [0.1, 0.15) is 46.5 Å². The number of aliphatic carboxylic acids is 1. The molecule has 0 aromatic carbocycles. The Hall–Kier alpha value is -0.710. The van der Waals surface area contributed by atoms with Crippen molar-refractivity contribution in [1.82, 2.24) is 5.32 Å². The Bertz CT molecular complexity index is 259. The monoisotopic (exact) mass is 275 g/mol. The number of carboxylic acid groups (broad SMARTS) is 1. The van der Waals surface area contributed by atoms with E-state index in [1.165, 1.54) is 0 Å². The second-order valence-corrected chi connectivity index (χ2v) is 5.71. The minimum atomic E-state index is -0.948. The molecule has 0 aliphatic heterocycles. The number of unbranched alkanes of at least 4 members (excludes halogenated alkanes) is 1. The quantitative estimate of drug-likeness (QED) is 0.601. The summed E-state index contributed by atoms with van der Waals surface area (Å²) in [5, 5.41) is 11.7. The number of hydrogen-bond acceptors (Lipinski definition) is 3. The van der Waals surface area contributed by atoms with Gasteiger partial charge in [-0.05, 0) is 18.1 Å². The Morgan fingerprint density at radius 1 is 1.28 bits per heavy atom. The fraction of sp³-hybridized carbons (Fsp3) is 0.846. The molecule has 0 saturated heterocycles. The third-order valence-corrected chi connectivity index (χ3v) is 3.98. The largest absolute Gasteiger partial charge is 0.480 e. The van der Waals surface area contributed by atoms with Crippen LogP contribution >= 0.6 is 11.8 Å². The Labute approximate surface area is 114 Å². The number of thioether (sulfide) groups is 1. The summed E-state index contributed by atoms with van der Waals surface area (Å²) in [5.41, 5.74) is 0. The second kappa shape index (κ2) is 10.2. The molecule has 0 radical (unpaired) electrons. The molecule has 0 aliphatic rings. The molecule has 2 unspecified atom stereocenters. The van der Waals surface area contributed by atoms with Crippen LogP contribution in [0.3, 0.4) is 0 Å². The maximum atomic E-state index is 11.6. The van der Waals surface area contributed by atoms with Crippen molar-refractivity contribution in [2.45, 2.75) is 52.5 Å². The van der Waals surface area contributed by atoms with E-state index in [-0.39, 0.29) is 11.8 Å². The molecule has 4 nitrogen and oxygen atoms in total. The van der Waals surface area contributed by atoms with Crippen LogP contribution in [0.15, 0.2) is 0 Å². The van der Waals surface area contributed by atoms with E-state index in [0.29, 0.717) is 6.42 Å². The van der Waals surface area contributed by atoms with Crippen molar-refractivity contribution >= 4 is 23.6 Å². The minimum absolute atomic E-state index is 0.0424. The zero-order valence-corrected chi connectivity index (χ0v) is 12.4. The maximum Gasteiger partial charge on any atom is 0.326 e. The van der Waals surface area contributed by atoms with Crippen molar-refractivity contribution in [2.75, 3.05) is 11.5 Å². The molecule has 2 atom stereocenters. The molecular weight excluding hydrogens is 250 g/mol. The van der Waals surface area contributed by atoms with Gasteiger partial charge in [-0.2, -0.15) is 11.8 Å². The van der Waals surface area contributed by atoms with Gasteiger partial charge in [0.25, 0.3) is 0 Å². The van der Waals surface area contributed by atoms with Gasteiger partial charge in [0, 0.05) is 12.2 Å². The van der Waals surface area contributed by atoms with Crippen molar-refractivity contribution in [1.29, 1.82) is 0 Å². The van der Waals surface area contributed by atoms with Crippen LogP contribution in [0.5, 0.6) is 0 Å². The first-order valence-corrected chi connectivity index (χ1v) is 7.78. The Morgan fingerprint density at radius 2 is 1.94 bits per heavy atom. The van der Waals surface area contributed by atoms with Crippen LogP contribution in [-0.2, 0) is 9.59 Å². The van der Waals surface area contributed by atoms with Crippen molar-refractivity contribution in [3.05, 3.63) is 0 Å². The van der Waals surface area contributed by atoms with Gasteiger partial charge in [-0.15, -0.1) is 0 Å². The maximum absolute atomic E-state index is 11.6. The molecule has 0 aliphatic carbocycles. The molecular formula is C13H25NO3S. The Morgan fingerprint density at radius 3 is 2.44 bits per heavy atom. The fourth-order valence-corrected chi connectivity index (χ4v) is 2.47. The molecule has 0 heterocycles. The Balaban J connectivity index is 3.92. The molecule has 0 fully saturated rings. The lowest BCUT2D eigenvalue weighted by Crippen LogP contribution is -2.45. The fourth-order valence-electron chi connectivity index (χ4n) is 1.44. The van der Waals surface area contributed by atoms with E-state index in [4.69, 9.17) is 5.11 Å². The molecule has 2 N–H and O–H groups in total. The van der Waals surface area contributed by atoms with Crippen molar-refractivity contribution in [3.63, 3.8) is 0 Å². The molecule has 0 aromatic heterocycles. The second-order valence-electron chi connectivity index (χ2n) is 4.48. The topological polar surface area (TPSA) is 66.4 Å². The average molecular weight is 275 g/mol. The van der Waals surface area contributed by atoms with Crippen molar-refractivity contribution in [2.24, 2.45) is 5.92 Å². The number of hydrogen-bond donors (Lipinski definition) is 2. The van der Waals surface area contributed by atoms with E-state index < -0.39 is 12.0 Å². The van der Waals surface area contributed by atoms with E-state index in [1.807, 2.05) is 13.8 Å². The van der Waals surface area contributed by atoms with E-state index in [9.17, 15) is 9.59 Å². The lowest BCUT2D eigenvalue weighted by atomic mass is 9.99.